The quantitative estimate of drug-likeness (QED) is 0.629. The Morgan fingerprint density at radius 2 is 1.90 bits per heavy atom. The minimum atomic E-state index is -0.601. The molecule has 2 aromatic rings. The van der Waals surface area contributed by atoms with E-state index in [1.165, 1.54) is 12.1 Å². The highest BCUT2D eigenvalue weighted by molar-refractivity contribution is 6.31. The van der Waals surface area contributed by atoms with Gasteiger partial charge in [-0.3, -0.25) is 9.59 Å². The van der Waals surface area contributed by atoms with Gasteiger partial charge >= 0.3 is 0 Å². The maximum atomic E-state index is 13.0. The lowest BCUT2D eigenvalue weighted by atomic mass is 10.0. The molecule has 1 aromatic carbocycles. The predicted octanol–water partition coefficient (Wildman–Crippen LogP) is 4.14. The highest BCUT2D eigenvalue weighted by atomic mass is 35.5. The molecule has 0 radical (unpaired) electrons. The number of carbonyl (C=O) groups is 2. The van der Waals surface area contributed by atoms with Crippen molar-refractivity contribution < 1.29 is 18.4 Å². The molecule has 104 valence electrons. The first kappa shape index (κ1) is 14.5. The van der Waals surface area contributed by atoms with E-state index < -0.39 is 11.6 Å². The zero-order valence-corrected chi connectivity index (χ0v) is 11.8. The average Bonchev–Trinajstić information content (AvgIpc) is 2.71. The van der Waals surface area contributed by atoms with E-state index in [2.05, 4.69) is 0 Å². The van der Waals surface area contributed by atoms with Crippen molar-refractivity contribution in [3.63, 3.8) is 0 Å². The summed E-state index contributed by atoms with van der Waals surface area (Å²) in [7, 11) is 0. The molecule has 3 nitrogen and oxygen atoms in total. The second-order valence-electron chi connectivity index (χ2n) is 4.48. The van der Waals surface area contributed by atoms with Crippen molar-refractivity contribution in [2.24, 2.45) is 0 Å². The van der Waals surface area contributed by atoms with Gasteiger partial charge in [0, 0.05) is 5.56 Å². The maximum absolute atomic E-state index is 13.0. The van der Waals surface area contributed by atoms with Crippen LogP contribution < -0.4 is 0 Å². The summed E-state index contributed by atoms with van der Waals surface area (Å²) < 4.78 is 18.3. The van der Waals surface area contributed by atoms with Gasteiger partial charge in [0.15, 0.2) is 11.6 Å². The van der Waals surface area contributed by atoms with Crippen molar-refractivity contribution in [3.05, 3.63) is 57.8 Å². The minimum Gasteiger partial charge on any atom is -0.466 e. The number of halogens is 2. The van der Waals surface area contributed by atoms with Crippen LogP contribution in [0.25, 0.3) is 0 Å². The van der Waals surface area contributed by atoms with Gasteiger partial charge in [-0.25, -0.2) is 4.39 Å². The van der Waals surface area contributed by atoms with E-state index >= 15 is 0 Å². The number of hydrogen-bond donors (Lipinski definition) is 0. The van der Waals surface area contributed by atoms with E-state index in [4.69, 9.17) is 16.0 Å². The average molecular weight is 295 g/mol. The molecule has 0 unspecified atom stereocenters. The summed E-state index contributed by atoms with van der Waals surface area (Å²) >= 11 is 5.61. The molecule has 0 spiro atoms. The smallest absolute Gasteiger partial charge is 0.174 e. The fraction of sp³-hybridized carbons (Fsp3) is 0.200. The van der Waals surface area contributed by atoms with E-state index in [0.717, 1.165) is 6.07 Å². The molecule has 0 aliphatic heterocycles. The number of aryl methyl sites for hydroxylation is 2. The summed E-state index contributed by atoms with van der Waals surface area (Å²) in [5.74, 6) is -0.239. The summed E-state index contributed by atoms with van der Waals surface area (Å²) in [5, 5.41) is -0.140. The highest BCUT2D eigenvalue weighted by Gasteiger charge is 2.18. The number of carbonyl (C=O) groups excluding carboxylic acids is 2. The van der Waals surface area contributed by atoms with E-state index in [0.29, 0.717) is 17.1 Å². The fourth-order valence-corrected chi connectivity index (χ4v) is 2.10. The first-order valence-electron chi connectivity index (χ1n) is 5.97. The monoisotopic (exact) mass is 294 g/mol. The maximum Gasteiger partial charge on any atom is 0.174 e. The molecule has 0 atom stereocenters. The van der Waals surface area contributed by atoms with Crippen LogP contribution in [0.15, 0.2) is 28.7 Å². The molecule has 0 amide bonds. The van der Waals surface area contributed by atoms with Crippen LogP contribution in [-0.4, -0.2) is 11.6 Å². The molecule has 0 saturated carbocycles. The summed E-state index contributed by atoms with van der Waals surface area (Å²) in [4.78, 5) is 24.0. The molecule has 0 aliphatic rings. The molecule has 0 saturated heterocycles. The molecule has 0 aliphatic carbocycles. The van der Waals surface area contributed by atoms with Crippen LogP contribution in [0, 0.1) is 19.7 Å². The van der Waals surface area contributed by atoms with Crippen molar-refractivity contribution in [1.82, 2.24) is 0 Å². The van der Waals surface area contributed by atoms with Crippen LogP contribution in [0.5, 0.6) is 0 Å². The van der Waals surface area contributed by atoms with Gasteiger partial charge in [0.1, 0.15) is 17.3 Å². The summed E-state index contributed by atoms with van der Waals surface area (Å²) in [5.41, 5.74) is 0.603. The molecule has 0 fully saturated rings. The Kier molecular flexibility index (Phi) is 4.04. The van der Waals surface area contributed by atoms with Crippen LogP contribution in [-0.2, 0) is 0 Å². The predicted molar refractivity (Wildman–Crippen MR) is 72.9 cm³/mol. The number of Topliss-reactive ketones (excluding diaryl/α,β-unsaturated/α-hetero) is 2. The van der Waals surface area contributed by atoms with Gasteiger partial charge < -0.3 is 4.42 Å². The first-order valence-corrected chi connectivity index (χ1v) is 6.34. The lowest BCUT2D eigenvalue weighted by Gasteiger charge is -2.02. The minimum absolute atomic E-state index is 0.140. The molecule has 1 aromatic heterocycles. The lowest BCUT2D eigenvalue weighted by molar-refractivity contribution is 0.0893. The number of benzene rings is 1. The third kappa shape index (κ3) is 2.96. The first-order chi connectivity index (χ1) is 9.38. The molecule has 20 heavy (non-hydrogen) atoms. The van der Waals surface area contributed by atoms with Gasteiger partial charge in [0.05, 0.1) is 17.0 Å². The van der Waals surface area contributed by atoms with Gasteiger partial charge in [-0.15, -0.1) is 0 Å². The van der Waals surface area contributed by atoms with Crippen molar-refractivity contribution in [1.29, 1.82) is 0 Å². The van der Waals surface area contributed by atoms with Crippen molar-refractivity contribution in [2.75, 3.05) is 0 Å². The van der Waals surface area contributed by atoms with E-state index in [9.17, 15) is 14.0 Å². The molecule has 2 rings (SSSR count). The second kappa shape index (κ2) is 5.59. The molecule has 5 heteroatoms. The highest BCUT2D eigenvalue weighted by Crippen LogP contribution is 2.19. The Labute approximate surface area is 120 Å². The molecule has 0 N–H and O–H groups in total. The SMILES string of the molecule is Cc1cc(C(=O)CC(=O)c2ccc(F)c(Cl)c2)c(C)o1. The summed E-state index contributed by atoms with van der Waals surface area (Å²) in [6, 6.07) is 5.24. The van der Waals surface area contributed by atoms with E-state index in [-0.39, 0.29) is 22.8 Å². The van der Waals surface area contributed by atoms with Crippen molar-refractivity contribution in [2.45, 2.75) is 20.3 Å². The number of hydrogen-bond acceptors (Lipinski definition) is 3. The van der Waals surface area contributed by atoms with Gasteiger partial charge in [0.2, 0.25) is 0 Å². The second-order valence-corrected chi connectivity index (χ2v) is 4.89. The number of ketones is 2. The van der Waals surface area contributed by atoms with Crippen LogP contribution in [0.2, 0.25) is 5.02 Å². The summed E-state index contributed by atoms with van der Waals surface area (Å²) in [6.45, 7) is 3.39. The van der Waals surface area contributed by atoms with Crippen LogP contribution in [0.1, 0.15) is 38.7 Å². The molecule has 0 bridgehead atoms. The van der Waals surface area contributed by atoms with Crippen LogP contribution in [0.4, 0.5) is 4.39 Å². The van der Waals surface area contributed by atoms with Gasteiger partial charge in [-0.05, 0) is 38.1 Å². The van der Waals surface area contributed by atoms with Gasteiger partial charge in [-0.1, -0.05) is 11.6 Å². The normalized spacial score (nSPS) is 10.6. The largest absolute Gasteiger partial charge is 0.466 e. The Balaban J connectivity index is 2.17. The topological polar surface area (TPSA) is 47.3 Å². The van der Waals surface area contributed by atoms with Gasteiger partial charge in [-0.2, -0.15) is 0 Å². The lowest BCUT2D eigenvalue weighted by Crippen LogP contribution is -2.09. The fourth-order valence-electron chi connectivity index (χ4n) is 1.92. The molecular weight excluding hydrogens is 283 g/mol. The zero-order chi connectivity index (χ0) is 14.9. The van der Waals surface area contributed by atoms with Crippen LogP contribution >= 0.6 is 11.6 Å². The number of rotatable bonds is 4. The third-order valence-electron chi connectivity index (χ3n) is 2.90. The van der Waals surface area contributed by atoms with Crippen LogP contribution in [0.3, 0.4) is 0 Å². The van der Waals surface area contributed by atoms with E-state index in [1.807, 2.05) is 0 Å². The Morgan fingerprint density at radius 1 is 1.20 bits per heavy atom. The molecular formula is C15H12ClFO3. The van der Waals surface area contributed by atoms with Gasteiger partial charge in [0.25, 0.3) is 0 Å². The third-order valence-corrected chi connectivity index (χ3v) is 3.19. The zero-order valence-electron chi connectivity index (χ0n) is 11.0. The Bertz CT molecular complexity index is 688. The van der Waals surface area contributed by atoms with Crippen molar-refractivity contribution in [3.8, 4) is 0 Å². The summed E-state index contributed by atoms with van der Waals surface area (Å²) in [6.07, 6.45) is -0.304. The van der Waals surface area contributed by atoms with E-state index in [1.54, 1.807) is 19.9 Å². The van der Waals surface area contributed by atoms with Crippen molar-refractivity contribution >= 4 is 23.2 Å². The standard InChI is InChI=1S/C15H12ClFO3/c1-8-5-11(9(2)20-8)15(19)7-14(18)10-3-4-13(17)12(16)6-10/h3-6H,7H2,1-2H3. The molecule has 1 heterocycles. The Morgan fingerprint density at radius 3 is 2.45 bits per heavy atom. The Hall–Kier alpha value is -1.94. The number of furan rings is 1.